The van der Waals surface area contributed by atoms with E-state index in [9.17, 15) is 0 Å². The quantitative estimate of drug-likeness (QED) is 0.909. The van der Waals surface area contributed by atoms with Crippen LogP contribution in [0.1, 0.15) is 5.69 Å². The number of hydrogen-bond acceptors (Lipinski definition) is 2. The SMILES string of the molecule is Cl.Cl.c1ccc(NCc2ccccn2)cc1. The number of nitrogens with one attached hydrogen (secondary N) is 1. The van der Waals surface area contributed by atoms with E-state index in [0.717, 1.165) is 17.9 Å². The zero-order valence-corrected chi connectivity index (χ0v) is 10.3. The molecule has 0 aliphatic rings. The van der Waals surface area contributed by atoms with Crippen molar-refractivity contribution in [2.45, 2.75) is 6.54 Å². The molecule has 1 heterocycles. The Morgan fingerprint density at radius 1 is 0.875 bits per heavy atom. The fraction of sp³-hybridized carbons (Fsp3) is 0.0833. The molecule has 2 nitrogen and oxygen atoms in total. The molecular weight excluding hydrogens is 243 g/mol. The summed E-state index contributed by atoms with van der Waals surface area (Å²) in [7, 11) is 0. The van der Waals surface area contributed by atoms with Crippen molar-refractivity contribution in [1.82, 2.24) is 4.98 Å². The molecule has 0 spiro atoms. The number of benzene rings is 1. The van der Waals surface area contributed by atoms with Crippen LogP contribution in [-0.4, -0.2) is 4.98 Å². The van der Waals surface area contributed by atoms with Gasteiger partial charge in [0.1, 0.15) is 0 Å². The highest BCUT2D eigenvalue weighted by Gasteiger charge is 1.92. The molecule has 0 bridgehead atoms. The molecule has 0 aliphatic heterocycles. The van der Waals surface area contributed by atoms with Gasteiger partial charge < -0.3 is 5.32 Å². The second kappa shape index (κ2) is 7.97. The van der Waals surface area contributed by atoms with E-state index in [1.807, 2.05) is 54.7 Å². The van der Waals surface area contributed by atoms with Gasteiger partial charge >= 0.3 is 0 Å². The topological polar surface area (TPSA) is 24.9 Å². The summed E-state index contributed by atoms with van der Waals surface area (Å²) in [5, 5.41) is 3.30. The predicted octanol–water partition coefficient (Wildman–Crippen LogP) is 3.54. The second-order valence-electron chi connectivity index (χ2n) is 3.04. The number of aromatic nitrogens is 1. The van der Waals surface area contributed by atoms with E-state index in [4.69, 9.17) is 0 Å². The minimum Gasteiger partial charge on any atom is -0.379 e. The summed E-state index contributed by atoms with van der Waals surface area (Å²) in [6.45, 7) is 0.769. The third-order valence-corrected chi connectivity index (χ3v) is 1.97. The maximum atomic E-state index is 4.23. The lowest BCUT2D eigenvalue weighted by molar-refractivity contribution is 1.05. The molecular formula is C12H14Cl2N2. The van der Waals surface area contributed by atoms with Gasteiger partial charge in [0.15, 0.2) is 0 Å². The van der Waals surface area contributed by atoms with Crippen LogP contribution in [-0.2, 0) is 6.54 Å². The summed E-state index contributed by atoms with van der Waals surface area (Å²) in [4.78, 5) is 4.23. The third kappa shape index (κ3) is 4.51. The normalized spacial score (nSPS) is 8.50. The average Bonchev–Trinajstić information content (AvgIpc) is 2.29. The molecule has 16 heavy (non-hydrogen) atoms. The average molecular weight is 257 g/mol. The van der Waals surface area contributed by atoms with E-state index in [2.05, 4.69) is 10.3 Å². The Morgan fingerprint density at radius 2 is 1.56 bits per heavy atom. The van der Waals surface area contributed by atoms with Crippen LogP contribution in [0, 0.1) is 0 Å². The van der Waals surface area contributed by atoms with Crippen LogP contribution in [0.25, 0.3) is 0 Å². The van der Waals surface area contributed by atoms with E-state index in [1.165, 1.54) is 0 Å². The van der Waals surface area contributed by atoms with Gasteiger partial charge in [-0.25, -0.2) is 0 Å². The summed E-state index contributed by atoms with van der Waals surface area (Å²) in [6, 6.07) is 16.1. The first-order chi connectivity index (χ1) is 6.95. The fourth-order valence-corrected chi connectivity index (χ4v) is 1.25. The summed E-state index contributed by atoms with van der Waals surface area (Å²) in [5.41, 5.74) is 2.18. The first kappa shape index (κ1) is 14.8. The standard InChI is InChI=1S/C12H12N2.2ClH/c1-2-6-11(7-3-1)14-10-12-8-4-5-9-13-12;;/h1-9,14H,10H2;2*1H. The molecule has 0 amide bonds. The Labute approximate surface area is 108 Å². The number of hydrogen-bond donors (Lipinski definition) is 1. The predicted molar refractivity (Wildman–Crippen MR) is 72.5 cm³/mol. The van der Waals surface area contributed by atoms with E-state index in [-0.39, 0.29) is 24.8 Å². The van der Waals surface area contributed by atoms with Gasteiger partial charge in [0.05, 0.1) is 12.2 Å². The van der Waals surface area contributed by atoms with Crippen molar-refractivity contribution in [3.05, 3.63) is 60.4 Å². The van der Waals surface area contributed by atoms with Gasteiger partial charge in [-0.05, 0) is 24.3 Å². The molecule has 0 saturated carbocycles. The Balaban J connectivity index is 0.00000112. The molecule has 0 aliphatic carbocycles. The Morgan fingerprint density at radius 3 is 2.19 bits per heavy atom. The van der Waals surface area contributed by atoms with Gasteiger partial charge in [-0.2, -0.15) is 0 Å². The lowest BCUT2D eigenvalue weighted by Gasteiger charge is -2.04. The zero-order chi connectivity index (χ0) is 9.64. The number of pyridine rings is 1. The van der Waals surface area contributed by atoms with Crippen LogP contribution < -0.4 is 5.32 Å². The molecule has 0 atom stereocenters. The van der Waals surface area contributed by atoms with Gasteiger partial charge in [-0.1, -0.05) is 24.3 Å². The van der Waals surface area contributed by atoms with Gasteiger partial charge in [-0.15, -0.1) is 24.8 Å². The molecule has 1 aromatic carbocycles. The van der Waals surface area contributed by atoms with Crippen molar-refractivity contribution >= 4 is 30.5 Å². The van der Waals surface area contributed by atoms with E-state index in [0.29, 0.717) is 0 Å². The number of anilines is 1. The fourth-order valence-electron chi connectivity index (χ4n) is 1.25. The maximum Gasteiger partial charge on any atom is 0.0594 e. The maximum absolute atomic E-state index is 4.23. The van der Waals surface area contributed by atoms with E-state index >= 15 is 0 Å². The number of para-hydroxylation sites is 1. The molecule has 0 radical (unpaired) electrons. The number of rotatable bonds is 3. The third-order valence-electron chi connectivity index (χ3n) is 1.97. The van der Waals surface area contributed by atoms with Crippen molar-refractivity contribution in [2.24, 2.45) is 0 Å². The van der Waals surface area contributed by atoms with Crippen LogP contribution >= 0.6 is 24.8 Å². The summed E-state index contributed by atoms with van der Waals surface area (Å²) < 4.78 is 0. The van der Waals surface area contributed by atoms with Crippen molar-refractivity contribution in [2.75, 3.05) is 5.32 Å². The molecule has 86 valence electrons. The number of nitrogens with zero attached hydrogens (tertiary/aromatic N) is 1. The van der Waals surface area contributed by atoms with Crippen molar-refractivity contribution < 1.29 is 0 Å². The van der Waals surface area contributed by atoms with Gasteiger partial charge in [0.25, 0.3) is 0 Å². The Hall–Kier alpha value is -1.25. The van der Waals surface area contributed by atoms with Crippen LogP contribution in [0.4, 0.5) is 5.69 Å². The lowest BCUT2D eigenvalue weighted by atomic mass is 10.3. The van der Waals surface area contributed by atoms with Gasteiger partial charge in [0.2, 0.25) is 0 Å². The monoisotopic (exact) mass is 256 g/mol. The smallest absolute Gasteiger partial charge is 0.0594 e. The molecule has 4 heteroatoms. The van der Waals surface area contributed by atoms with Gasteiger partial charge in [0, 0.05) is 11.9 Å². The second-order valence-corrected chi connectivity index (χ2v) is 3.04. The van der Waals surface area contributed by atoms with Crippen LogP contribution in [0.3, 0.4) is 0 Å². The first-order valence-electron chi connectivity index (χ1n) is 4.64. The summed E-state index contributed by atoms with van der Waals surface area (Å²) in [6.07, 6.45) is 1.81. The first-order valence-corrected chi connectivity index (χ1v) is 4.64. The highest BCUT2D eigenvalue weighted by atomic mass is 35.5. The van der Waals surface area contributed by atoms with E-state index < -0.39 is 0 Å². The molecule has 2 rings (SSSR count). The molecule has 0 saturated heterocycles. The Kier molecular flexibility index (Phi) is 7.34. The van der Waals surface area contributed by atoms with Crippen LogP contribution in [0.5, 0.6) is 0 Å². The van der Waals surface area contributed by atoms with Crippen molar-refractivity contribution in [1.29, 1.82) is 0 Å². The lowest BCUT2D eigenvalue weighted by Crippen LogP contribution is -2.00. The van der Waals surface area contributed by atoms with Gasteiger partial charge in [-0.3, -0.25) is 4.98 Å². The molecule has 1 N–H and O–H groups in total. The van der Waals surface area contributed by atoms with Crippen molar-refractivity contribution in [3.63, 3.8) is 0 Å². The minimum absolute atomic E-state index is 0. The molecule has 2 aromatic rings. The molecule has 1 aromatic heterocycles. The van der Waals surface area contributed by atoms with Crippen LogP contribution in [0.2, 0.25) is 0 Å². The number of halogens is 2. The molecule has 0 unspecified atom stereocenters. The zero-order valence-electron chi connectivity index (χ0n) is 8.67. The van der Waals surface area contributed by atoms with Crippen molar-refractivity contribution in [3.8, 4) is 0 Å². The largest absolute Gasteiger partial charge is 0.379 e. The Bertz CT molecular complexity index is 339. The van der Waals surface area contributed by atoms with Crippen LogP contribution in [0.15, 0.2) is 54.7 Å². The minimum atomic E-state index is 0. The highest BCUT2D eigenvalue weighted by molar-refractivity contribution is 5.85. The molecule has 0 fully saturated rings. The summed E-state index contributed by atoms with van der Waals surface area (Å²) in [5.74, 6) is 0. The van der Waals surface area contributed by atoms with E-state index in [1.54, 1.807) is 0 Å². The highest BCUT2D eigenvalue weighted by Crippen LogP contribution is 2.06. The summed E-state index contributed by atoms with van der Waals surface area (Å²) >= 11 is 0.